The van der Waals surface area contributed by atoms with Crippen LogP contribution in [0, 0.1) is 5.92 Å². The first-order valence-electron chi connectivity index (χ1n) is 10.4. The van der Waals surface area contributed by atoms with Gasteiger partial charge in [-0.15, -0.1) is 0 Å². The highest BCUT2D eigenvalue weighted by Crippen LogP contribution is 2.23. The van der Waals surface area contributed by atoms with E-state index in [0.29, 0.717) is 31.5 Å². The van der Waals surface area contributed by atoms with Gasteiger partial charge in [-0.1, -0.05) is 0 Å². The molecule has 3 fully saturated rings. The first kappa shape index (κ1) is 18.6. The Morgan fingerprint density at radius 2 is 1.81 bits per heavy atom. The normalized spacial score (nSPS) is 22.4. The Labute approximate surface area is 161 Å². The summed E-state index contributed by atoms with van der Waals surface area (Å²) >= 11 is 0. The molecular formula is C20H31N5O2. The van der Waals surface area contributed by atoms with E-state index in [1.165, 1.54) is 12.8 Å². The van der Waals surface area contributed by atoms with Gasteiger partial charge in [-0.05, 0) is 50.8 Å². The molecule has 0 bridgehead atoms. The number of carbonyl (C=O) groups is 1. The molecule has 0 unspecified atom stereocenters. The third-order valence-electron chi connectivity index (χ3n) is 6.01. The summed E-state index contributed by atoms with van der Waals surface area (Å²) < 4.78 is 5.34. The molecule has 0 aromatic carbocycles. The summed E-state index contributed by atoms with van der Waals surface area (Å²) in [7, 11) is 0. The predicted octanol–water partition coefficient (Wildman–Crippen LogP) is 1.54. The molecule has 3 aliphatic heterocycles. The number of ether oxygens (including phenoxy) is 1. The highest BCUT2D eigenvalue weighted by atomic mass is 16.5. The van der Waals surface area contributed by atoms with Crippen LogP contribution in [0.1, 0.15) is 37.8 Å². The van der Waals surface area contributed by atoms with E-state index in [2.05, 4.69) is 14.8 Å². The van der Waals surface area contributed by atoms with Crippen LogP contribution in [-0.4, -0.2) is 78.2 Å². The lowest BCUT2D eigenvalue weighted by molar-refractivity contribution is -0.136. The summed E-state index contributed by atoms with van der Waals surface area (Å²) in [4.78, 5) is 28.4. The number of aromatic nitrogens is 2. The van der Waals surface area contributed by atoms with Crippen LogP contribution in [0.3, 0.4) is 0 Å². The van der Waals surface area contributed by atoms with Crippen LogP contribution in [0.2, 0.25) is 0 Å². The second-order valence-electron chi connectivity index (χ2n) is 7.96. The van der Waals surface area contributed by atoms with E-state index in [0.717, 1.165) is 70.3 Å². The average Bonchev–Trinajstić information content (AvgIpc) is 3.25. The third kappa shape index (κ3) is 4.96. The SMILES string of the molecule is O=C(CC1CCN(Cc2ccnc(N3CCCC3)n2)CC1)N1CCOCC1. The van der Waals surface area contributed by atoms with E-state index in [-0.39, 0.29) is 0 Å². The van der Waals surface area contributed by atoms with Gasteiger partial charge in [0.1, 0.15) is 0 Å². The van der Waals surface area contributed by atoms with Gasteiger partial charge in [0.15, 0.2) is 0 Å². The van der Waals surface area contributed by atoms with Crippen molar-refractivity contribution in [1.82, 2.24) is 19.8 Å². The number of nitrogens with zero attached hydrogens (tertiary/aromatic N) is 5. The van der Waals surface area contributed by atoms with Crippen LogP contribution in [-0.2, 0) is 16.1 Å². The fraction of sp³-hybridized carbons (Fsp3) is 0.750. The van der Waals surface area contributed by atoms with Gasteiger partial charge in [0.25, 0.3) is 0 Å². The Balaban J connectivity index is 1.23. The minimum absolute atomic E-state index is 0.308. The number of hydrogen-bond donors (Lipinski definition) is 0. The molecule has 0 aliphatic carbocycles. The quantitative estimate of drug-likeness (QED) is 0.780. The molecule has 148 valence electrons. The van der Waals surface area contributed by atoms with Gasteiger partial charge in [0.05, 0.1) is 18.9 Å². The molecule has 7 heteroatoms. The van der Waals surface area contributed by atoms with Crippen molar-refractivity contribution in [2.75, 3.05) is 57.4 Å². The number of piperidine rings is 1. The Kier molecular flexibility index (Phi) is 6.19. The minimum atomic E-state index is 0.308. The Morgan fingerprint density at radius 1 is 1.07 bits per heavy atom. The minimum Gasteiger partial charge on any atom is -0.378 e. The monoisotopic (exact) mass is 373 g/mol. The van der Waals surface area contributed by atoms with Gasteiger partial charge in [0, 0.05) is 45.3 Å². The van der Waals surface area contributed by atoms with Crippen LogP contribution < -0.4 is 4.90 Å². The van der Waals surface area contributed by atoms with Crippen LogP contribution in [0.15, 0.2) is 12.3 Å². The zero-order valence-electron chi connectivity index (χ0n) is 16.2. The van der Waals surface area contributed by atoms with Crippen molar-refractivity contribution >= 4 is 11.9 Å². The van der Waals surface area contributed by atoms with Crippen molar-refractivity contribution in [2.45, 2.75) is 38.6 Å². The molecule has 1 aromatic heterocycles. The molecule has 0 radical (unpaired) electrons. The summed E-state index contributed by atoms with van der Waals surface area (Å²) in [5, 5.41) is 0. The first-order chi connectivity index (χ1) is 13.3. The van der Waals surface area contributed by atoms with E-state index >= 15 is 0 Å². The molecule has 7 nitrogen and oxygen atoms in total. The number of carbonyl (C=O) groups excluding carboxylic acids is 1. The lowest BCUT2D eigenvalue weighted by Gasteiger charge is -2.33. The lowest BCUT2D eigenvalue weighted by Crippen LogP contribution is -2.42. The highest BCUT2D eigenvalue weighted by Gasteiger charge is 2.25. The molecule has 4 rings (SSSR count). The second-order valence-corrected chi connectivity index (χ2v) is 7.96. The number of morpholine rings is 1. The lowest BCUT2D eigenvalue weighted by atomic mass is 9.93. The largest absolute Gasteiger partial charge is 0.378 e. The fourth-order valence-corrected chi connectivity index (χ4v) is 4.31. The van der Waals surface area contributed by atoms with Crippen molar-refractivity contribution in [2.24, 2.45) is 5.92 Å². The molecule has 0 saturated carbocycles. The second kappa shape index (κ2) is 8.97. The van der Waals surface area contributed by atoms with Gasteiger partial charge in [-0.25, -0.2) is 9.97 Å². The zero-order valence-corrected chi connectivity index (χ0v) is 16.2. The summed E-state index contributed by atoms with van der Waals surface area (Å²) in [6.07, 6.45) is 7.26. The van der Waals surface area contributed by atoms with E-state index < -0.39 is 0 Å². The Hall–Kier alpha value is -1.73. The standard InChI is InChI=1S/C20H31N5O2/c26-19(24-11-13-27-14-12-24)15-17-4-9-23(10-5-17)16-18-3-6-21-20(22-18)25-7-1-2-8-25/h3,6,17H,1-2,4-5,7-16H2. The van der Waals surface area contributed by atoms with Crippen LogP contribution in [0.25, 0.3) is 0 Å². The fourth-order valence-electron chi connectivity index (χ4n) is 4.31. The van der Waals surface area contributed by atoms with Gasteiger partial charge in [0.2, 0.25) is 11.9 Å². The van der Waals surface area contributed by atoms with Crippen LogP contribution in [0.4, 0.5) is 5.95 Å². The number of rotatable bonds is 5. The van der Waals surface area contributed by atoms with E-state index in [1.54, 1.807) is 0 Å². The number of amides is 1. The smallest absolute Gasteiger partial charge is 0.225 e. The number of anilines is 1. The highest BCUT2D eigenvalue weighted by molar-refractivity contribution is 5.76. The molecule has 0 N–H and O–H groups in total. The van der Waals surface area contributed by atoms with Crippen molar-refractivity contribution < 1.29 is 9.53 Å². The van der Waals surface area contributed by atoms with Crippen molar-refractivity contribution in [3.63, 3.8) is 0 Å². The van der Waals surface area contributed by atoms with Gasteiger partial charge >= 0.3 is 0 Å². The van der Waals surface area contributed by atoms with E-state index in [9.17, 15) is 4.79 Å². The number of likely N-dealkylation sites (tertiary alicyclic amines) is 1. The van der Waals surface area contributed by atoms with Crippen molar-refractivity contribution in [3.05, 3.63) is 18.0 Å². The van der Waals surface area contributed by atoms with Gasteiger partial charge in [-0.2, -0.15) is 0 Å². The molecular weight excluding hydrogens is 342 g/mol. The summed E-state index contributed by atoms with van der Waals surface area (Å²) in [6.45, 7) is 8.00. The predicted molar refractivity (Wildman–Crippen MR) is 103 cm³/mol. The first-order valence-corrected chi connectivity index (χ1v) is 10.4. The molecule has 0 atom stereocenters. The van der Waals surface area contributed by atoms with E-state index in [4.69, 9.17) is 9.72 Å². The molecule has 3 aliphatic rings. The topological polar surface area (TPSA) is 61.8 Å². The summed E-state index contributed by atoms with van der Waals surface area (Å²) in [5.74, 6) is 1.71. The molecule has 1 amide bonds. The third-order valence-corrected chi connectivity index (χ3v) is 6.01. The zero-order chi connectivity index (χ0) is 18.5. The summed E-state index contributed by atoms with van der Waals surface area (Å²) in [6, 6.07) is 2.04. The Morgan fingerprint density at radius 3 is 2.56 bits per heavy atom. The number of hydrogen-bond acceptors (Lipinski definition) is 6. The van der Waals surface area contributed by atoms with Crippen molar-refractivity contribution in [1.29, 1.82) is 0 Å². The van der Waals surface area contributed by atoms with Crippen molar-refractivity contribution in [3.8, 4) is 0 Å². The van der Waals surface area contributed by atoms with E-state index in [1.807, 2.05) is 17.2 Å². The maximum absolute atomic E-state index is 12.4. The average molecular weight is 374 g/mol. The van der Waals surface area contributed by atoms with Gasteiger partial charge < -0.3 is 14.5 Å². The molecule has 4 heterocycles. The summed E-state index contributed by atoms with van der Waals surface area (Å²) in [5.41, 5.74) is 1.11. The van der Waals surface area contributed by atoms with Crippen LogP contribution in [0.5, 0.6) is 0 Å². The maximum Gasteiger partial charge on any atom is 0.225 e. The van der Waals surface area contributed by atoms with Gasteiger partial charge in [-0.3, -0.25) is 9.69 Å². The molecule has 1 aromatic rings. The van der Waals surface area contributed by atoms with Crippen LogP contribution >= 0.6 is 0 Å². The molecule has 3 saturated heterocycles. The maximum atomic E-state index is 12.4. The Bertz CT molecular complexity index is 621. The molecule has 27 heavy (non-hydrogen) atoms. The molecule has 0 spiro atoms.